The lowest BCUT2D eigenvalue weighted by Crippen LogP contribution is -2.49. The molecule has 5 heteroatoms. The molecule has 0 aromatic heterocycles. The van der Waals surface area contributed by atoms with Gasteiger partial charge in [-0.2, -0.15) is 0 Å². The Labute approximate surface area is 101 Å². The Hall–Kier alpha value is -1.26. The van der Waals surface area contributed by atoms with Gasteiger partial charge in [0.05, 0.1) is 0 Å². The number of carboxylic acid groups (broad SMARTS) is 1. The summed E-state index contributed by atoms with van der Waals surface area (Å²) in [6.45, 7) is 0.576. The molecule has 0 aromatic rings. The molecule has 0 unspecified atom stereocenters. The number of urea groups is 1. The maximum Gasteiger partial charge on any atom is 0.326 e. The summed E-state index contributed by atoms with van der Waals surface area (Å²) in [5, 5.41) is 9.07. The van der Waals surface area contributed by atoms with Crippen LogP contribution in [-0.4, -0.2) is 52.6 Å². The molecule has 5 nitrogen and oxygen atoms in total. The Morgan fingerprint density at radius 3 is 2.41 bits per heavy atom. The minimum Gasteiger partial charge on any atom is -0.480 e. The summed E-state index contributed by atoms with van der Waals surface area (Å²) < 4.78 is 0. The van der Waals surface area contributed by atoms with E-state index >= 15 is 0 Å². The van der Waals surface area contributed by atoms with E-state index in [9.17, 15) is 9.59 Å². The molecule has 96 valence electrons. The lowest BCUT2D eigenvalue weighted by atomic mass is 10.2. The highest BCUT2D eigenvalue weighted by molar-refractivity contribution is 5.83. The van der Waals surface area contributed by atoms with Crippen LogP contribution in [0.5, 0.6) is 0 Å². The van der Waals surface area contributed by atoms with Crippen LogP contribution < -0.4 is 0 Å². The Morgan fingerprint density at radius 2 is 1.82 bits per heavy atom. The standard InChI is InChI=1S/C12H20N2O3/c1-13(9-5-2-3-6-9)12(17)14-8-4-7-10(14)11(15)16/h9-10H,2-8H2,1H3,(H,15,16)/t10-/m1/s1. The van der Waals surface area contributed by atoms with Gasteiger partial charge in [0, 0.05) is 19.6 Å². The summed E-state index contributed by atoms with van der Waals surface area (Å²) in [4.78, 5) is 26.5. The molecule has 1 aliphatic carbocycles. The van der Waals surface area contributed by atoms with Gasteiger partial charge in [0.15, 0.2) is 0 Å². The minimum atomic E-state index is -0.879. The number of nitrogens with zero attached hydrogens (tertiary/aromatic N) is 2. The van der Waals surface area contributed by atoms with Crippen LogP contribution in [-0.2, 0) is 4.79 Å². The largest absolute Gasteiger partial charge is 0.480 e. The van der Waals surface area contributed by atoms with Crippen molar-refractivity contribution in [1.29, 1.82) is 0 Å². The van der Waals surface area contributed by atoms with Gasteiger partial charge in [0.1, 0.15) is 6.04 Å². The Balaban J connectivity index is 2.00. The normalized spacial score (nSPS) is 25.2. The fourth-order valence-electron chi connectivity index (χ4n) is 2.90. The molecule has 1 saturated heterocycles. The van der Waals surface area contributed by atoms with Crippen LogP contribution >= 0.6 is 0 Å². The molecular weight excluding hydrogens is 220 g/mol. The van der Waals surface area contributed by atoms with E-state index in [4.69, 9.17) is 5.11 Å². The highest BCUT2D eigenvalue weighted by Crippen LogP contribution is 2.25. The van der Waals surface area contributed by atoms with Crippen molar-refractivity contribution in [2.75, 3.05) is 13.6 Å². The van der Waals surface area contributed by atoms with E-state index in [0.29, 0.717) is 19.0 Å². The lowest BCUT2D eigenvalue weighted by Gasteiger charge is -2.31. The maximum absolute atomic E-state index is 12.2. The molecule has 1 saturated carbocycles. The molecule has 1 N–H and O–H groups in total. The predicted molar refractivity (Wildman–Crippen MR) is 62.8 cm³/mol. The van der Waals surface area contributed by atoms with Crippen molar-refractivity contribution in [2.24, 2.45) is 0 Å². The molecule has 1 aliphatic heterocycles. The molecule has 2 amide bonds. The first-order chi connectivity index (χ1) is 8.11. The number of carboxylic acids is 1. The second-order valence-corrected chi connectivity index (χ2v) is 5.02. The Morgan fingerprint density at radius 1 is 1.18 bits per heavy atom. The second-order valence-electron chi connectivity index (χ2n) is 5.02. The molecule has 1 atom stereocenters. The molecule has 2 rings (SSSR count). The van der Waals surface area contributed by atoms with Gasteiger partial charge in [-0.05, 0) is 25.7 Å². The third-order valence-corrected chi connectivity index (χ3v) is 3.96. The van der Waals surface area contributed by atoms with Crippen LogP contribution in [0, 0.1) is 0 Å². The summed E-state index contributed by atoms with van der Waals surface area (Å²) in [5.74, 6) is -0.879. The van der Waals surface area contributed by atoms with Gasteiger partial charge in [-0.25, -0.2) is 9.59 Å². The third-order valence-electron chi connectivity index (χ3n) is 3.96. The topological polar surface area (TPSA) is 60.9 Å². The molecule has 0 spiro atoms. The number of aliphatic carboxylic acids is 1. The van der Waals surface area contributed by atoms with Crippen LogP contribution in [0.15, 0.2) is 0 Å². The third kappa shape index (κ3) is 2.37. The molecule has 2 fully saturated rings. The van der Waals surface area contributed by atoms with Gasteiger partial charge in [-0.1, -0.05) is 12.8 Å². The molecule has 2 aliphatic rings. The summed E-state index contributed by atoms with van der Waals surface area (Å²) in [6, 6.07) is -0.425. The van der Waals surface area contributed by atoms with Crippen molar-refractivity contribution >= 4 is 12.0 Å². The molecule has 0 aromatic carbocycles. The molecule has 0 radical (unpaired) electrons. The molecule has 0 bridgehead atoms. The van der Waals surface area contributed by atoms with Gasteiger partial charge in [-0.15, -0.1) is 0 Å². The first-order valence-electron chi connectivity index (χ1n) is 6.37. The van der Waals surface area contributed by atoms with Crippen LogP contribution in [0.1, 0.15) is 38.5 Å². The van der Waals surface area contributed by atoms with Gasteiger partial charge >= 0.3 is 12.0 Å². The van der Waals surface area contributed by atoms with Gasteiger partial charge in [0.25, 0.3) is 0 Å². The SMILES string of the molecule is CN(C(=O)N1CCC[C@@H]1C(=O)O)C1CCCC1. The number of carbonyl (C=O) groups excluding carboxylic acids is 1. The number of hydrogen-bond donors (Lipinski definition) is 1. The highest BCUT2D eigenvalue weighted by Gasteiger charge is 2.37. The number of amides is 2. The van der Waals surface area contributed by atoms with Crippen LogP contribution in [0.3, 0.4) is 0 Å². The van der Waals surface area contributed by atoms with Crippen LogP contribution in [0.4, 0.5) is 4.79 Å². The van der Waals surface area contributed by atoms with Crippen LogP contribution in [0.25, 0.3) is 0 Å². The van der Waals surface area contributed by atoms with E-state index in [1.165, 1.54) is 17.7 Å². The van der Waals surface area contributed by atoms with E-state index in [1.807, 2.05) is 0 Å². The predicted octanol–water partition coefficient (Wildman–Crippen LogP) is 1.53. The summed E-state index contributed by atoms with van der Waals surface area (Å²) >= 11 is 0. The van der Waals surface area contributed by atoms with Gasteiger partial charge < -0.3 is 14.9 Å². The molecule has 1 heterocycles. The minimum absolute atomic E-state index is 0.109. The number of carbonyl (C=O) groups is 2. The second kappa shape index (κ2) is 4.94. The highest BCUT2D eigenvalue weighted by atomic mass is 16.4. The zero-order valence-electron chi connectivity index (χ0n) is 10.3. The van der Waals surface area contributed by atoms with E-state index in [-0.39, 0.29) is 6.03 Å². The summed E-state index contributed by atoms with van der Waals surface area (Å²) in [6.07, 6.45) is 5.82. The van der Waals surface area contributed by atoms with Crippen molar-refractivity contribution in [3.8, 4) is 0 Å². The van der Waals surface area contributed by atoms with Crippen molar-refractivity contribution in [2.45, 2.75) is 50.6 Å². The van der Waals surface area contributed by atoms with Gasteiger partial charge in [-0.3, -0.25) is 0 Å². The van der Waals surface area contributed by atoms with Gasteiger partial charge in [0.2, 0.25) is 0 Å². The number of likely N-dealkylation sites (tertiary alicyclic amines) is 1. The first kappa shape index (κ1) is 12.2. The van der Waals surface area contributed by atoms with E-state index in [2.05, 4.69) is 0 Å². The van der Waals surface area contributed by atoms with Crippen molar-refractivity contribution in [1.82, 2.24) is 9.80 Å². The Bertz CT molecular complexity index is 313. The fraction of sp³-hybridized carbons (Fsp3) is 0.833. The van der Waals surface area contributed by atoms with E-state index in [1.54, 1.807) is 11.9 Å². The van der Waals surface area contributed by atoms with Crippen molar-refractivity contribution < 1.29 is 14.7 Å². The van der Waals surface area contributed by atoms with Crippen molar-refractivity contribution in [3.05, 3.63) is 0 Å². The lowest BCUT2D eigenvalue weighted by molar-refractivity contribution is -0.141. The van der Waals surface area contributed by atoms with E-state index < -0.39 is 12.0 Å². The molecule has 17 heavy (non-hydrogen) atoms. The summed E-state index contributed by atoms with van der Waals surface area (Å²) in [5.41, 5.74) is 0. The Kier molecular flexibility index (Phi) is 3.54. The van der Waals surface area contributed by atoms with Crippen molar-refractivity contribution in [3.63, 3.8) is 0 Å². The van der Waals surface area contributed by atoms with Crippen LogP contribution in [0.2, 0.25) is 0 Å². The van der Waals surface area contributed by atoms with E-state index in [0.717, 1.165) is 19.3 Å². The number of rotatable bonds is 2. The average Bonchev–Trinajstić information content (AvgIpc) is 2.97. The maximum atomic E-state index is 12.2. The fourth-order valence-corrected chi connectivity index (χ4v) is 2.90. The number of hydrogen-bond acceptors (Lipinski definition) is 2. The zero-order chi connectivity index (χ0) is 12.4. The monoisotopic (exact) mass is 240 g/mol. The first-order valence-corrected chi connectivity index (χ1v) is 6.37. The smallest absolute Gasteiger partial charge is 0.326 e. The summed E-state index contributed by atoms with van der Waals surface area (Å²) in [7, 11) is 1.80. The quantitative estimate of drug-likeness (QED) is 0.796. The average molecular weight is 240 g/mol. The zero-order valence-corrected chi connectivity index (χ0v) is 10.3. The molecular formula is C12H20N2O3.